The fourth-order valence-corrected chi connectivity index (χ4v) is 3.21. The zero-order valence-electron chi connectivity index (χ0n) is 13.3. The fraction of sp³-hybridized carbons (Fsp3) is 0.0556. The van der Waals surface area contributed by atoms with Crippen molar-refractivity contribution in [2.75, 3.05) is 11.9 Å². The molecule has 0 atom stereocenters. The van der Waals surface area contributed by atoms with Crippen molar-refractivity contribution in [3.63, 3.8) is 0 Å². The first-order chi connectivity index (χ1) is 12.6. The summed E-state index contributed by atoms with van der Waals surface area (Å²) in [6.07, 6.45) is 0. The summed E-state index contributed by atoms with van der Waals surface area (Å²) >= 11 is 1.16. The molecule has 0 bridgehead atoms. The minimum absolute atomic E-state index is 0.126. The highest BCUT2D eigenvalue weighted by Crippen LogP contribution is 2.36. The molecular weight excluding hydrogens is 354 g/mol. The molecule has 1 aromatic heterocycles. The Labute approximate surface area is 151 Å². The largest absolute Gasteiger partial charge is 0.452 e. The minimum Gasteiger partial charge on any atom is -0.452 e. The molecule has 4 rings (SSSR count). The van der Waals surface area contributed by atoms with Crippen LogP contribution < -0.4 is 5.32 Å². The molecule has 0 fully saturated rings. The summed E-state index contributed by atoms with van der Waals surface area (Å²) in [5.74, 6) is -1.32. The SMILES string of the molecule is O=C(COC(=O)c1ccc2c(c1)C(=O)c1ccccc1-2)Nc1nncs1. The maximum Gasteiger partial charge on any atom is 0.338 e. The fourth-order valence-electron chi connectivity index (χ4n) is 2.75. The molecule has 26 heavy (non-hydrogen) atoms. The summed E-state index contributed by atoms with van der Waals surface area (Å²) < 4.78 is 5.00. The van der Waals surface area contributed by atoms with Gasteiger partial charge in [-0.1, -0.05) is 41.7 Å². The molecule has 0 radical (unpaired) electrons. The van der Waals surface area contributed by atoms with Crippen LogP contribution >= 0.6 is 11.3 Å². The van der Waals surface area contributed by atoms with Crippen LogP contribution in [0.15, 0.2) is 48.0 Å². The smallest absolute Gasteiger partial charge is 0.338 e. The average molecular weight is 365 g/mol. The van der Waals surface area contributed by atoms with Crippen LogP contribution in [0.25, 0.3) is 11.1 Å². The van der Waals surface area contributed by atoms with Crippen LogP contribution in [-0.4, -0.2) is 34.5 Å². The van der Waals surface area contributed by atoms with Gasteiger partial charge in [0.25, 0.3) is 5.91 Å². The molecule has 2 aromatic carbocycles. The molecule has 0 spiro atoms. The molecule has 0 aliphatic heterocycles. The van der Waals surface area contributed by atoms with Gasteiger partial charge in [0.05, 0.1) is 5.56 Å². The monoisotopic (exact) mass is 365 g/mol. The molecule has 0 saturated heterocycles. The van der Waals surface area contributed by atoms with Gasteiger partial charge in [-0.15, -0.1) is 10.2 Å². The Bertz CT molecular complexity index is 1030. The number of anilines is 1. The van der Waals surface area contributed by atoms with E-state index in [1.807, 2.05) is 12.1 Å². The van der Waals surface area contributed by atoms with Gasteiger partial charge in [0.1, 0.15) is 5.51 Å². The molecule has 1 amide bonds. The van der Waals surface area contributed by atoms with Crippen molar-refractivity contribution < 1.29 is 19.1 Å². The first-order valence-corrected chi connectivity index (χ1v) is 8.53. The van der Waals surface area contributed by atoms with E-state index in [0.717, 1.165) is 22.5 Å². The van der Waals surface area contributed by atoms with Gasteiger partial charge in [-0.25, -0.2) is 4.79 Å². The Morgan fingerprint density at radius 2 is 1.81 bits per heavy atom. The van der Waals surface area contributed by atoms with Gasteiger partial charge in [0.2, 0.25) is 5.13 Å². The summed E-state index contributed by atoms with van der Waals surface area (Å²) in [7, 11) is 0. The molecule has 7 nitrogen and oxygen atoms in total. The molecule has 0 saturated carbocycles. The summed E-state index contributed by atoms with van der Waals surface area (Å²) in [6.45, 7) is -0.455. The number of esters is 1. The van der Waals surface area contributed by atoms with Crippen LogP contribution in [0.5, 0.6) is 0 Å². The highest BCUT2D eigenvalue weighted by molar-refractivity contribution is 7.13. The molecule has 1 heterocycles. The van der Waals surface area contributed by atoms with E-state index in [-0.39, 0.29) is 11.3 Å². The van der Waals surface area contributed by atoms with Crippen molar-refractivity contribution in [1.82, 2.24) is 10.2 Å². The lowest BCUT2D eigenvalue weighted by molar-refractivity contribution is -0.119. The van der Waals surface area contributed by atoms with Crippen molar-refractivity contribution in [3.05, 3.63) is 64.7 Å². The Kier molecular flexibility index (Phi) is 4.02. The Hall–Kier alpha value is -3.39. The second-order valence-corrected chi connectivity index (χ2v) is 6.34. The second-order valence-electron chi connectivity index (χ2n) is 5.50. The van der Waals surface area contributed by atoms with Crippen molar-refractivity contribution in [1.29, 1.82) is 0 Å². The number of fused-ring (bicyclic) bond motifs is 3. The first kappa shape index (κ1) is 16.1. The number of carbonyl (C=O) groups excluding carboxylic acids is 3. The van der Waals surface area contributed by atoms with E-state index >= 15 is 0 Å². The number of ketones is 1. The van der Waals surface area contributed by atoms with Gasteiger partial charge < -0.3 is 4.74 Å². The van der Waals surface area contributed by atoms with Crippen molar-refractivity contribution in [2.24, 2.45) is 0 Å². The number of aromatic nitrogens is 2. The van der Waals surface area contributed by atoms with E-state index in [1.165, 1.54) is 11.6 Å². The number of hydrogen-bond acceptors (Lipinski definition) is 7. The van der Waals surface area contributed by atoms with Gasteiger partial charge in [-0.05, 0) is 23.3 Å². The van der Waals surface area contributed by atoms with Gasteiger partial charge in [0.15, 0.2) is 12.4 Å². The minimum atomic E-state index is -0.677. The van der Waals surface area contributed by atoms with E-state index in [1.54, 1.807) is 24.3 Å². The van der Waals surface area contributed by atoms with Crippen LogP contribution in [0.2, 0.25) is 0 Å². The van der Waals surface area contributed by atoms with Crippen molar-refractivity contribution in [3.8, 4) is 11.1 Å². The molecule has 3 aromatic rings. The average Bonchev–Trinajstić information content (AvgIpc) is 3.27. The predicted octanol–water partition coefficient (Wildman–Crippen LogP) is 2.54. The van der Waals surface area contributed by atoms with Gasteiger partial charge in [0, 0.05) is 11.1 Å². The number of hydrogen-bond donors (Lipinski definition) is 1. The summed E-state index contributed by atoms with van der Waals surface area (Å²) in [4.78, 5) is 36.4. The van der Waals surface area contributed by atoms with Crippen LogP contribution in [0.3, 0.4) is 0 Å². The number of benzene rings is 2. The lowest BCUT2D eigenvalue weighted by Crippen LogP contribution is -2.21. The van der Waals surface area contributed by atoms with Crippen molar-refractivity contribution in [2.45, 2.75) is 0 Å². The highest BCUT2D eigenvalue weighted by Gasteiger charge is 2.27. The van der Waals surface area contributed by atoms with Crippen LogP contribution in [-0.2, 0) is 9.53 Å². The normalized spacial score (nSPS) is 11.6. The number of rotatable bonds is 4. The topological polar surface area (TPSA) is 98.2 Å². The zero-order valence-corrected chi connectivity index (χ0v) is 14.1. The highest BCUT2D eigenvalue weighted by atomic mass is 32.1. The lowest BCUT2D eigenvalue weighted by atomic mass is 10.0. The molecular formula is C18H11N3O4S. The van der Waals surface area contributed by atoms with E-state index in [4.69, 9.17) is 4.74 Å². The third-order valence-electron chi connectivity index (χ3n) is 3.90. The Morgan fingerprint density at radius 3 is 2.58 bits per heavy atom. The van der Waals surface area contributed by atoms with Crippen LogP contribution in [0.4, 0.5) is 5.13 Å². The molecule has 0 unspecified atom stereocenters. The third-order valence-corrected chi connectivity index (χ3v) is 4.51. The van der Waals surface area contributed by atoms with E-state index in [2.05, 4.69) is 15.5 Å². The number of amides is 1. The third kappa shape index (κ3) is 2.86. The van der Waals surface area contributed by atoms with Gasteiger partial charge in [-0.2, -0.15) is 0 Å². The Balaban J connectivity index is 1.47. The quantitative estimate of drug-likeness (QED) is 0.558. The number of carbonyl (C=O) groups is 3. The molecule has 8 heteroatoms. The molecule has 1 aliphatic rings. The standard InChI is InChI=1S/C18H11N3O4S/c22-15(20-18-21-19-9-26-18)8-25-17(24)10-5-6-12-11-3-1-2-4-13(11)16(23)14(12)7-10/h1-7,9H,8H2,(H,20,21,22). The first-order valence-electron chi connectivity index (χ1n) is 7.65. The maximum absolute atomic E-state index is 12.5. The molecule has 128 valence electrons. The van der Waals surface area contributed by atoms with Crippen LogP contribution in [0.1, 0.15) is 26.3 Å². The lowest BCUT2D eigenvalue weighted by Gasteiger charge is -2.06. The summed E-state index contributed by atoms with van der Waals surface area (Å²) in [6, 6.07) is 12.1. The predicted molar refractivity (Wildman–Crippen MR) is 94.1 cm³/mol. The van der Waals surface area contributed by atoms with E-state index in [0.29, 0.717) is 16.3 Å². The van der Waals surface area contributed by atoms with Crippen LogP contribution in [0, 0.1) is 0 Å². The molecule has 1 N–H and O–H groups in total. The number of nitrogens with zero attached hydrogens (tertiary/aromatic N) is 2. The van der Waals surface area contributed by atoms with E-state index < -0.39 is 18.5 Å². The maximum atomic E-state index is 12.5. The van der Waals surface area contributed by atoms with Gasteiger partial charge >= 0.3 is 5.97 Å². The van der Waals surface area contributed by atoms with Gasteiger partial charge in [-0.3, -0.25) is 14.9 Å². The van der Waals surface area contributed by atoms with Crippen molar-refractivity contribution >= 4 is 34.1 Å². The Morgan fingerprint density at radius 1 is 1.04 bits per heavy atom. The summed E-state index contributed by atoms with van der Waals surface area (Å²) in [5, 5.41) is 10.0. The zero-order chi connectivity index (χ0) is 18.1. The summed E-state index contributed by atoms with van der Waals surface area (Å²) in [5.41, 5.74) is 4.40. The number of ether oxygens (including phenoxy) is 1. The number of nitrogens with one attached hydrogen (secondary N) is 1. The van der Waals surface area contributed by atoms with E-state index in [9.17, 15) is 14.4 Å². The molecule has 1 aliphatic carbocycles. The second kappa shape index (κ2) is 6.49.